The molecule has 0 saturated heterocycles. The monoisotopic (exact) mass is 258 g/mol. The van der Waals surface area contributed by atoms with Crippen LogP contribution in [0.1, 0.15) is 42.4 Å². The van der Waals surface area contributed by atoms with Crippen LogP contribution in [-0.4, -0.2) is 21.8 Å². The Bertz CT molecular complexity index is 545. The maximum Gasteiger partial charge on any atom is 0.0763 e. The van der Waals surface area contributed by atoms with E-state index in [4.69, 9.17) is 0 Å². The quantitative estimate of drug-likeness (QED) is 0.896. The van der Waals surface area contributed by atoms with Gasteiger partial charge in [-0.1, -0.05) is 6.92 Å². The number of hydrogen-bond acceptors (Lipinski definition) is 3. The molecule has 0 bridgehead atoms. The molecule has 0 spiro atoms. The Balaban J connectivity index is 2.47. The molecular weight excluding hydrogens is 236 g/mol. The third-order valence-corrected chi connectivity index (χ3v) is 3.50. The molecule has 0 radical (unpaired) electrons. The van der Waals surface area contributed by atoms with E-state index in [1.165, 1.54) is 16.8 Å². The van der Waals surface area contributed by atoms with E-state index in [-0.39, 0.29) is 6.04 Å². The molecule has 19 heavy (non-hydrogen) atoms. The number of nitrogens with zero attached hydrogens (tertiary/aromatic N) is 3. The summed E-state index contributed by atoms with van der Waals surface area (Å²) < 4.78 is 2.08. The van der Waals surface area contributed by atoms with E-state index in [1.807, 2.05) is 25.5 Å². The summed E-state index contributed by atoms with van der Waals surface area (Å²) in [7, 11) is 1.98. The highest BCUT2D eigenvalue weighted by Gasteiger charge is 2.19. The summed E-state index contributed by atoms with van der Waals surface area (Å²) in [6.07, 6.45) is 4.73. The van der Waals surface area contributed by atoms with Gasteiger partial charge in [-0.25, -0.2) is 0 Å². The van der Waals surface area contributed by atoms with Crippen molar-refractivity contribution in [3.8, 4) is 0 Å². The first-order valence-corrected chi connectivity index (χ1v) is 6.85. The number of nitrogens with one attached hydrogen (secondary N) is 1. The van der Waals surface area contributed by atoms with E-state index in [1.54, 1.807) is 0 Å². The number of pyridine rings is 1. The average molecular weight is 258 g/mol. The molecule has 102 valence electrons. The predicted octanol–water partition coefficient (Wildman–Crippen LogP) is 2.48. The van der Waals surface area contributed by atoms with Gasteiger partial charge >= 0.3 is 0 Å². The minimum Gasteiger partial charge on any atom is -0.308 e. The van der Waals surface area contributed by atoms with E-state index in [0.29, 0.717) is 0 Å². The van der Waals surface area contributed by atoms with E-state index in [0.717, 1.165) is 18.7 Å². The highest BCUT2D eigenvalue weighted by Crippen LogP contribution is 2.24. The Hall–Kier alpha value is -1.68. The van der Waals surface area contributed by atoms with Crippen LogP contribution in [0.2, 0.25) is 0 Å². The lowest BCUT2D eigenvalue weighted by Gasteiger charge is -2.19. The van der Waals surface area contributed by atoms with Gasteiger partial charge in [-0.3, -0.25) is 9.67 Å². The lowest BCUT2D eigenvalue weighted by atomic mass is 10.0. The van der Waals surface area contributed by atoms with Gasteiger partial charge in [-0.05, 0) is 50.6 Å². The summed E-state index contributed by atoms with van der Waals surface area (Å²) in [5.74, 6) is 0. The molecule has 0 aliphatic carbocycles. The summed E-state index contributed by atoms with van der Waals surface area (Å²) in [4.78, 5) is 4.25. The summed E-state index contributed by atoms with van der Waals surface area (Å²) in [6, 6.07) is 4.38. The molecule has 0 aliphatic heterocycles. The summed E-state index contributed by atoms with van der Waals surface area (Å²) in [6.45, 7) is 7.26. The zero-order valence-electron chi connectivity index (χ0n) is 12.1. The molecule has 0 amide bonds. The van der Waals surface area contributed by atoms with Gasteiger partial charge in [-0.2, -0.15) is 5.10 Å². The Morgan fingerprint density at radius 1 is 1.37 bits per heavy atom. The Morgan fingerprint density at radius 2 is 2.16 bits per heavy atom. The normalized spacial score (nSPS) is 12.6. The van der Waals surface area contributed by atoms with Crippen LogP contribution in [0.25, 0.3) is 0 Å². The largest absolute Gasteiger partial charge is 0.308 e. The third-order valence-electron chi connectivity index (χ3n) is 3.50. The molecule has 2 aromatic rings. The molecule has 0 aliphatic rings. The van der Waals surface area contributed by atoms with Crippen molar-refractivity contribution in [3.63, 3.8) is 0 Å². The van der Waals surface area contributed by atoms with Gasteiger partial charge in [0.15, 0.2) is 0 Å². The maximum atomic E-state index is 4.63. The minimum absolute atomic E-state index is 0.140. The van der Waals surface area contributed by atoms with Crippen molar-refractivity contribution in [3.05, 3.63) is 47.0 Å². The second-order valence-corrected chi connectivity index (χ2v) is 4.68. The first kappa shape index (κ1) is 13.7. The van der Waals surface area contributed by atoms with Gasteiger partial charge in [-0.15, -0.1) is 0 Å². The Kier molecular flexibility index (Phi) is 4.32. The van der Waals surface area contributed by atoms with E-state index in [9.17, 15) is 0 Å². The molecular formula is C15H22N4. The van der Waals surface area contributed by atoms with Crippen molar-refractivity contribution in [2.24, 2.45) is 0 Å². The molecule has 1 atom stereocenters. The topological polar surface area (TPSA) is 42.7 Å². The molecule has 0 aromatic carbocycles. The van der Waals surface area contributed by atoms with Crippen LogP contribution in [0.15, 0.2) is 24.5 Å². The molecule has 2 rings (SSSR count). The zero-order chi connectivity index (χ0) is 13.8. The Morgan fingerprint density at radius 3 is 2.74 bits per heavy atom. The van der Waals surface area contributed by atoms with Crippen LogP contribution in [0.5, 0.6) is 0 Å². The molecule has 0 fully saturated rings. The van der Waals surface area contributed by atoms with Crippen LogP contribution in [-0.2, 0) is 13.0 Å². The standard InChI is InChI=1S/C15H22N4/c1-5-12-9-14(19(6-2)18-12)15(16-4)13-10-17-8-7-11(13)3/h7-10,15-16H,5-6H2,1-4H3. The van der Waals surface area contributed by atoms with Crippen molar-refractivity contribution >= 4 is 0 Å². The zero-order valence-corrected chi connectivity index (χ0v) is 12.1. The van der Waals surface area contributed by atoms with Crippen molar-refractivity contribution in [1.29, 1.82) is 0 Å². The summed E-state index contributed by atoms with van der Waals surface area (Å²) in [5.41, 5.74) is 4.80. The van der Waals surface area contributed by atoms with E-state index < -0.39 is 0 Å². The van der Waals surface area contributed by atoms with Crippen LogP contribution in [0, 0.1) is 6.92 Å². The van der Waals surface area contributed by atoms with Crippen molar-refractivity contribution in [1.82, 2.24) is 20.1 Å². The smallest absolute Gasteiger partial charge is 0.0763 e. The highest BCUT2D eigenvalue weighted by atomic mass is 15.3. The fourth-order valence-corrected chi connectivity index (χ4v) is 2.39. The molecule has 2 heterocycles. The van der Waals surface area contributed by atoms with Crippen molar-refractivity contribution in [2.45, 2.75) is 39.8 Å². The fraction of sp³-hybridized carbons (Fsp3) is 0.467. The first-order chi connectivity index (χ1) is 9.21. The van der Waals surface area contributed by atoms with Gasteiger partial charge < -0.3 is 5.32 Å². The number of rotatable bonds is 5. The minimum atomic E-state index is 0.140. The van der Waals surface area contributed by atoms with Crippen LogP contribution in [0.3, 0.4) is 0 Å². The summed E-state index contributed by atoms with van der Waals surface area (Å²) >= 11 is 0. The fourth-order valence-electron chi connectivity index (χ4n) is 2.39. The molecule has 0 saturated carbocycles. The lowest BCUT2D eigenvalue weighted by Crippen LogP contribution is -2.22. The SMILES string of the molecule is CCc1cc(C(NC)c2cnccc2C)n(CC)n1. The first-order valence-electron chi connectivity index (χ1n) is 6.85. The van der Waals surface area contributed by atoms with Crippen LogP contribution in [0.4, 0.5) is 0 Å². The second-order valence-electron chi connectivity index (χ2n) is 4.68. The highest BCUT2D eigenvalue weighted by molar-refractivity contribution is 5.32. The molecule has 2 aromatic heterocycles. The van der Waals surface area contributed by atoms with E-state index >= 15 is 0 Å². The van der Waals surface area contributed by atoms with Crippen LogP contribution < -0.4 is 5.32 Å². The van der Waals surface area contributed by atoms with E-state index in [2.05, 4.69) is 46.9 Å². The number of hydrogen-bond donors (Lipinski definition) is 1. The Labute approximate surface area is 114 Å². The summed E-state index contributed by atoms with van der Waals surface area (Å²) in [5, 5.41) is 8.01. The predicted molar refractivity (Wildman–Crippen MR) is 77.2 cm³/mol. The van der Waals surface area contributed by atoms with Crippen molar-refractivity contribution < 1.29 is 0 Å². The van der Waals surface area contributed by atoms with Crippen molar-refractivity contribution in [2.75, 3.05) is 7.05 Å². The van der Waals surface area contributed by atoms with Crippen LogP contribution >= 0.6 is 0 Å². The average Bonchev–Trinajstić information content (AvgIpc) is 2.85. The molecule has 1 unspecified atom stereocenters. The maximum absolute atomic E-state index is 4.63. The number of aromatic nitrogens is 3. The molecule has 1 N–H and O–H groups in total. The lowest BCUT2D eigenvalue weighted by molar-refractivity contribution is 0.558. The second kappa shape index (κ2) is 5.97. The number of aryl methyl sites for hydroxylation is 3. The third kappa shape index (κ3) is 2.68. The van der Waals surface area contributed by atoms with Gasteiger partial charge in [0, 0.05) is 18.9 Å². The molecule has 4 nitrogen and oxygen atoms in total. The van der Waals surface area contributed by atoms with Gasteiger partial charge in [0.25, 0.3) is 0 Å². The van der Waals surface area contributed by atoms with Gasteiger partial charge in [0.05, 0.1) is 17.4 Å². The van der Waals surface area contributed by atoms with Gasteiger partial charge in [0.1, 0.15) is 0 Å². The molecule has 4 heteroatoms. The van der Waals surface area contributed by atoms with Gasteiger partial charge in [0.2, 0.25) is 0 Å².